The topological polar surface area (TPSA) is 82.3 Å². The summed E-state index contributed by atoms with van der Waals surface area (Å²) in [6, 6.07) is 5.44. The molecule has 0 spiro atoms. The summed E-state index contributed by atoms with van der Waals surface area (Å²) in [5.74, 6) is -1.29. The van der Waals surface area contributed by atoms with Gasteiger partial charge in [-0.05, 0) is 29.6 Å². The highest BCUT2D eigenvalue weighted by atomic mass is 35.5. The summed E-state index contributed by atoms with van der Waals surface area (Å²) in [6.45, 7) is -0.134. The van der Waals surface area contributed by atoms with Crippen LogP contribution < -0.4 is 16.6 Å². The molecule has 1 aromatic carbocycles. The number of hydrogen-bond donors (Lipinski definition) is 1. The second-order valence-electron chi connectivity index (χ2n) is 5.63. The van der Waals surface area contributed by atoms with Crippen molar-refractivity contribution in [2.75, 3.05) is 19.0 Å². The number of benzene rings is 1. The molecule has 0 bridgehead atoms. The van der Waals surface area contributed by atoms with E-state index in [1.807, 2.05) is 0 Å². The van der Waals surface area contributed by atoms with E-state index in [9.17, 15) is 18.8 Å². The predicted molar refractivity (Wildman–Crippen MR) is 102 cm³/mol. The summed E-state index contributed by atoms with van der Waals surface area (Å²) in [5.41, 5.74) is -0.751. The Morgan fingerprint density at radius 3 is 2.78 bits per heavy atom. The zero-order valence-corrected chi connectivity index (χ0v) is 15.8. The number of fused-ring (bicyclic) bond motifs is 1. The van der Waals surface area contributed by atoms with Crippen LogP contribution in [0.15, 0.2) is 39.2 Å². The maximum absolute atomic E-state index is 13.9. The first-order valence-electron chi connectivity index (χ1n) is 7.87. The number of ether oxygens (including phenoxy) is 1. The van der Waals surface area contributed by atoms with Crippen molar-refractivity contribution in [3.8, 4) is 0 Å². The highest BCUT2D eigenvalue weighted by Gasteiger charge is 2.17. The van der Waals surface area contributed by atoms with Gasteiger partial charge in [-0.1, -0.05) is 11.6 Å². The standard InChI is InChI=1S/C17H15ClFN3O4S/c1-26-6-5-21-16(24)15-13(4-7-27-15)22(17(21)25)9-14(23)20-12-3-2-10(18)8-11(12)19/h2-4,7-8H,5-6,9H2,1H3,(H,20,23). The van der Waals surface area contributed by atoms with E-state index in [1.54, 1.807) is 11.4 Å². The normalized spacial score (nSPS) is 11.1. The number of anilines is 1. The number of thiophene rings is 1. The largest absolute Gasteiger partial charge is 0.383 e. The molecule has 7 nitrogen and oxygen atoms in total. The Bertz CT molecular complexity index is 1120. The molecule has 0 aliphatic carbocycles. The summed E-state index contributed by atoms with van der Waals surface area (Å²) >= 11 is 6.87. The number of rotatable bonds is 6. The fourth-order valence-corrected chi connectivity index (χ4v) is 3.59. The van der Waals surface area contributed by atoms with Crippen molar-refractivity contribution in [3.05, 3.63) is 61.3 Å². The number of halogens is 2. The molecule has 27 heavy (non-hydrogen) atoms. The third-order valence-electron chi connectivity index (χ3n) is 3.86. The van der Waals surface area contributed by atoms with Crippen LogP contribution in [-0.4, -0.2) is 28.8 Å². The van der Waals surface area contributed by atoms with Crippen LogP contribution >= 0.6 is 22.9 Å². The summed E-state index contributed by atoms with van der Waals surface area (Å²) < 4.78 is 21.4. The molecule has 3 rings (SSSR count). The molecule has 3 aromatic rings. The third-order valence-corrected chi connectivity index (χ3v) is 4.99. The maximum Gasteiger partial charge on any atom is 0.332 e. The van der Waals surface area contributed by atoms with E-state index >= 15 is 0 Å². The van der Waals surface area contributed by atoms with Crippen LogP contribution in [0.3, 0.4) is 0 Å². The number of methoxy groups -OCH3 is 1. The van der Waals surface area contributed by atoms with Gasteiger partial charge in [-0.3, -0.25) is 18.7 Å². The minimum absolute atomic E-state index is 0.0493. The monoisotopic (exact) mass is 411 g/mol. The molecule has 0 fully saturated rings. The lowest BCUT2D eigenvalue weighted by molar-refractivity contribution is -0.116. The Morgan fingerprint density at radius 2 is 2.07 bits per heavy atom. The van der Waals surface area contributed by atoms with Crippen molar-refractivity contribution in [3.63, 3.8) is 0 Å². The first-order valence-corrected chi connectivity index (χ1v) is 9.13. The SMILES string of the molecule is COCCn1c(=O)c2sccc2n(CC(=O)Nc2ccc(Cl)cc2F)c1=O. The van der Waals surface area contributed by atoms with E-state index in [0.717, 1.165) is 10.6 Å². The number of nitrogens with zero attached hydrogens (tertiary/aromatic N) is 2. The fraction of sp³-hybridized carbons (Fsp3) is 0.235. The van der Waals surface area contributed by atoms with Crippen molar-refractivity contribution < 1.29 is 13.9 Å². The number of nitrogens with one attached hydrogen (secondary N) is 1. The van der Waals surface area contributed by atoms with Crippen LogP contribution in [0.4, 0.5) is 10.1 Å². The second kappa shape index (κ2) is 8.03. The predicted octanol–water partition coefficient (Wildman–Crippen LogP) is 2.30. The molecular weight excluding hydrogens is 397 g/mol. The molecule has 1 N–H and O–H groups in total. The molecule has 0 radical (unpaired) electrons. The summed E-state index contributed by atoms with van der Waals surface area (Å²) in [7, 11) is 1.46. The number of carbonyl (C=O) groups excluding carboxylic acids is 1. The van der Waals surface area contributed by atoms with Gasteiger partial charge in [-0.2, -0.15) is 0 Å². The van der Waals surface area contributed by atoms with Gasteiger partial charge in [-0.25, -0.2) is 9.18 Å². The van der Waals surface area contributed by atoms with Crippen molar-refractivity contribution >= 4 is 44.7 Å². The lowest BCUT2D eigenvalue weighted by atomic mass is 10.3. The molecule has 2 heterocycles. The summed E-state index contributed by atoms with van der Waals surface area (Å²) in [4.78, 5) is 37.5. The zero-order chi connectivity index (χ0) is 19.6. The summed E-state index contributed by atoms with van der Waals surface area (Å²) in [6.07, 6.45) is 0. The lowest BCUT2D eigenvalue weighted by Crippen LogP contribution is -2.42. The smallest absolute Gasteiger partial charge is 0.332 e. The minimum Gasteiger partial charge on any atom is -0.383 e. The Hall–Kier alpha value is -2.49. The Labute approximate surface area is 161 Å². The van der Waals surface area contributed by atoms with Crippen LogP contribution in [0.25, 0.3) is 10.2 Å². The summed E-state index contributed by atoms with van der Waals surface area (Å²) in [5, 5.41) is 4.27. The molecule has 0 aliphatic rings. The molecule has 2 aromatic heterocycles. The van der Waals surface area contributed by atoms with E-state index < -0.39 is 23.0 Å². The molecule has 0 saturated heterocycles. The van der Waals surface area contributed by atoms with E-state index in [4.69, 9.17) is 16.3 Å². The maximum atomic E-state index is 13.9. The first kappa shape index (κ1) is 19.3. The van der Waals surface area contributed by atoms with Gasteiger partial charge < -0.3 is 10.1 Å². The first-order chi connectivity index (χ1) is 12.9. The third kappa shape index (κ3) is 3.95. The van der Waals surface area contributed by atoms with Crippen molar-refractivity contribution in [2.45, 2.75) is 13.1 Å². The molecule has 0 saturated carbocycles. The van der Waals surface area contributed by atoms with Crippen LogP contribution in [0, 0.1) is 5.82 Å². The van der Waals surface area contributed by atoms with Gasteiger partial charge in [0.05, 0.1) is 24.4 Å². The quantitative estimate of drug-likeness (QED) is 0.674. The Morgan fingerprint density at radius 1 is 1.30 bits per heavy atom. The van der Waals surface area contributed by atoms with Crippen molar-refractivity contribution in [1.29, 1.82) is 0 Å². The van der Waals surface area contributed by atoms with Gasteiger partial charge in [0.25, 0.3) is 5.56 Å². The molecule has 1 amide bonds. The average Bonchev–Trinajstić information content (AvgIpc) is 3.11. The van der Waals surface area contributed by atoms with Crippen LogP contribution in [0.1, 0.15) is 0 Å². The molecule has 10 heteroatoms. The molecule has 0 unspecified atom stereocenters. The van der Waals surface area contributed by atoms with E-state index in [2.05, 4.69) is 5.32 Å². The zero-order valence-electron chi connectivity index (χ0n) is 14.2. The second-order valence-corrected chi connectivity index (χ2v) is 6.98. The van der Waals surface area contributed by atoms with Gasteiger partial charge >= 0.3 is 5.69 Å². The van der Waals surface area contributed by atoms with E-state index in [1.165, 1.54) is 35.1 Å². The van der Waals surface area contributed by atoms with Gasteiger partial charge in [-0.15, -0.1) is 11.3 Å². The van der Waals surface area contributed by atoms with E-state index in [0.29, 0.717) is 10.2 Å². The van der Waals surface area contributed by atoms with Crippen LogP contribution in [0.2, 0.25) is 5.02 Å². The number of amides is 1. The van der Waals surface area contributed by atoms with Gasteiger partial charge in [0.15, 0.2) is 0 Å². The fourth-order valence-electron chi connectivity index (χ4n) is 2.59. The number of carbonyl (C=O) groups is 1. The van der Waals surface area contributed by atoms with Crippen LogP contribution in [-0.2, 0) is 22.6 Å². The minimum atomic E-state index is -0.686. The highest BCUT2D eigenvalue weighted by molar-refractivity contribution is 7.17. The van der Waals surface area contributed by atoms with Gasteiger partial charge in [0.2, 0.25) is 5.91 Å². The lowest BCUT2D eigenvalue weighted by Gasteiger charge is -2.12. The molecule has 0 atom stereocenters. The average molecular weight is 412 g/mol. The Balaban J connectivity index is 1.96. The highest BCUT2D eigenvalue weighted by Crippen LogP contribution is 2.19. The number of hydrogen-bond acceptors (Lipinski definition) is 5. The molecule has 0 aliphatic heterocycles. The molecular formula is C17H15ClFN3O4S. The molecule has 142 valence electrons. The van der Waals surface area contributed by atoms with Crippen molar-refractivity contribution in [1.82, 2.24) is 9.13 Å². The Kier molecular flexibility index (Phi) is 5.73. The van der Waals surface area contributed by atoms with Crippen molar-refractivity contribution in [2.24, 2.45) is 0 Å². The van der Waals surface area contributed by atoms with Crippen LogP contribution in [0.5, 0.6) is 0 Å². The van der Waals surface area contributed by atoms with E-state index in [-0.39, 0.29) is 30.4 Å². The van der Waals surface area contributed by atoms with Gasteiger partial charge in [0.1, 0.15) is 17.1 Å². The van der Waals surface area contributed by atoms with Gasteiger partial charge in [0, 0.05) is 12.1 Å². The number of aromatic nitrogens is 2.